The van der Waals surface area contributed by atoms with Crippen molar-refractivity contribution >= 4 is 26.1 Å². The fraction of sp³-hybridized carbons (Fsp3) is 0.650. The number of ether oxygens (including phenoxy) is 2. The van der Waals surface area contributed by atoms with Gasteiger partial charge in [-0.15, -0.1) is 0 Å². The van der Waals surface area contributed by atoms with Crippen LogP contribution in [0.25, 0.3) is 0 Å². The van der Waals surface area contributed by atoms with E-state index in [1.807, 2.05) is 0 Å². The molecule has 0 saturated carbocycles. The summed E-state index contributed by atoms with van der Waals surface area (Å²) < 4.78 is 64.6. The third-order valence-corrected chi connectivity index (χ3v) is 9.07. The molecule has 0 atom stereocenters. The van der Waals surface area contributed by atoms with Gasteiger partial charge < -0.3 is 14.8 Å². The van der Waals surface area contributed by atoms with Gasteiger partial charge in [0, 0.05) is 32.2 Å². The molecule has 180 valence electrons. The van der Waals surface area contributed by atoms with E-state index < -0.39 is 31.7 Å². The highest BCUT2D eigenvalue weighted by atomic mass is 32.2. The van der Waals surface area contributed by atoms with E-state index in [4.69, 9.17) is 9.47 Å². The van der Waals surface area contributed by atoms with Gasteiger partial charge in [-0.05, 0) is 57.9 Å². The number of alkyl carbamates (subject to hydrolysis) is 1. The molecule has 0 radical (unpaired) electrons. The van der Waals surface area contributed by atoms with Crippen molar-refractivity contribution in [2.24, 2.45) is 0 Å². The van der Waals surface area contributed by atoms with Gasteiger partial charge in [-0.3, -0.25) is 0 Å². The first-order valence-corrected chi connectivity index (χ1v) is 13.5. The Bertz CT molecular complexity index is 1000. The van der Waals surface area contributed by atoms with Gasteiger partial charge in [-0.2, -0.15) is 8.61 Å². The highest BCUT2D eigenvalue weighted by molar-refractivity contribution is 7.89. The maximum atomic E-state index is 13.0. The van der Waals surface area contributed by atoms with Crippen LogP contribution in [-0.4, -0.2) is 82.6 Å². The number of carbonyl (C=O) groups excluding carboxylic acids is 1. The summed E-state index contributed by atoms with van der Waals surface area (Å²) >= 11 is 0. The van der Waals surface area contributed by atoms with E-state index in [1.165, 1.54) is 32.9 Å². The number of nitrogens with zero attached hydrogens (tertiary/aromatic N) is 2. The highest BCUT2D eigenvalue weighted by Crippen LogP contribution is 2.24. The number of hydrogen-bond donors (Lipinski definition) is 1. The molecule has 0 unspecified atom stereocenters. The maximum absolute atomic E-state index is 13.0. The van der Waals surface area contributed by atoms with Gasteiger partial charge in [0.2, 0.25) is 20.0 Å². The molecule has 1 aromatic rings. The van der Waals surface area contributed by atoms with E-state index in [0.717, 1.165) is 0 Å². The Balaban J connectivity index is 1.62. The minimum absolute atomic E-state index is 0.0389. The van der Waals surface area contributed by atoms with Gasteiger partial charge >= 0.3 is 6.09 Å². The van der Waals surface area contributed by atoms with Crippen molar-refractivity contribution in [3.8, 4) is 0 Å². The van der Waals surface area contributed by atoms with Crippen molar-refractivity contribution in [3.05, 3.63) is 24.3 Å². The Labute approximate surface area is 190 Å². The lowest BCUT2D eigenvalue weighted by molar-refractivity contribution is 0.0489. The van der Waals surface area contributed by atoms with Crippen molar-refractivity contribution in [3.63, 3.8) is 0 Å². The molecule has 2 saturated heterocycles. The summed E-state index contributed by atoms with van der Waals surface area (Å²) in [6, 6.07) is 5.14. The first-order valence-electron chi connectivity index (χ1n) is 10.6. The Morgan fingerprint density at radius 1 is 0.906 bits per heavy atom. The van der Waals surface area contributed by atoms with E-state index >= 15 is 0 Å². The monoisotopic (exact) mass is 489 g/mol. The quantitative estimate of drug-likeness (QED) is 0.663. The maximum Gasteiger partial charge on any atom is 0.407 e. The van der Waals surface area contributed by atoms with Crippen molar-refractivity contribution in [1.82, 2.24) is 13.9 Å². The molecule has 12 heteroatoms. The number of hydrogen-bond acceptors (Lipinski definition) is 7. The van der Waals surface area contributed by atoms with Gasteiger partial charge in [0.25, 0.3) is 0 Å². The van der Waals surface area contributed by atoms with Crippen LogP contribution < -0.4 is 5.32 Å². The van der Waals surface area contributed by atoms with Crippen LogP contribution in [0.3, 0.4) is 0 Å². The fourth-order valence-corrected chi connectivity index (χ4v) is 6.46. The van der Waals surface area contributed by atoms with Crippen LogP contribution in [0.5, 0.6) is 0 Å². The minimum atomic E-state index is -3.77. The Morgan fingerprint density at radius 3 is 1.78 bits per heavy atom. The molecule has 0 spiro atoms. The third kappa shape index (κ3) is 5.98. The van der Waals surface area contributed by atoms with Gasteiger partial charge in [-0.1, -0.05) is 0 Å². The molecule has 2 heterocycles. The summed E-state index contributed by atoms with van der Waals surface area (Å²) in [7, 11) is -7.46. The zero-order valence-corrected chi connectivity index (χ0v) is 20.2. The molecule has 32 heavy (non-hydrogen) atoms. The molecule has 10 nitrogen and oxygen atoms in total. The van der Waals surface area contributed by atoms with E-state index in [-0.39, 0.29) is 42.0 Å². The zero-order valence-electron chi connectivity index (χ0n) is 18.6. The molecule has 2 aliphatic rings. The lowest BCUT2D eigenvalue weighted by Gasteiger charge is -2.32. The number of nitrogens with one attached hydrogen (secondary N) is 1. The third-order valence-electron chi connectivity index (χ3n) is 5.24. The predicted molar refractivity (Wildman–Crippen MR) is 117 cm³/mol. The van der Waals surface area contributed by atoms with Crippen LogP contribution in [0.2, 0.25) is 0 Å². The zero-order chi connectivity index (χ0) is 23.6. The number of piperidine rings is 1. The molecule has 0 bridgehead atoms. The van der Waals surface area contributed by atoms with Crippen LogP contribution >= 0.6 is 0 Å². The predicted octanol–water partition coefficient (Wildman–Crippen LogP) is 1.39. The molecule has 1 amide bonds. The second-order valence-electron chi connectivity index (χ2n) is 8.81. The summed E-state index contributed by atoms with van der Waals surface area (Å²) in [5, 5.41) is 2.78. The summed E-state index contributed by atoms with van der Waals surface area (Å²) in [5.74, 6) is 0. The van der Waals surface area contributed by atoms with Gasteiger partial charge in [0.15, 0.2) is 0 Å². The highest BCUT2D eigenvalue weighted by Gasteiger charge is 2.32. The van der Waals surface area contributed by atoms with Crippen LogP contribution in [0.15, 0.2) is 34.1 Å². The van der Waals surface area contributed by atoms with E-state index in [1.54, 1.807) is 20.8 Å². The second kappa shape index (κ2) is 9.64. The molecule has 0 aliphatic carbocycles. The van der Waals surface area contributed by atoms with Gasteiger partial charge in [-0.25, -0.2) is 21.6 Å². The Morgan fingerprint density at radius 2 is 1.34 bits per heavy atom. The molecule has 1 N–H and O–H groups in total. The topological polar surface area (TPSA) is 122 Å². The van der Waals surface area contributed by atoms with Crippen molar-refractivity contribution in [2.45, 2.75) is 55.0 Å². The normalized spacial score (nSPS) is 20.1. The lowest BCUT2D eigenvalue weighted by atomic mass is 10.1. The van der Waals surface area contributed by atoms with E-state index in [0.29, 0.717) is 26.1 Å². The largest absolute Gasteiger partial charge is 0.444 e. The number of rotatable bonds is 5. The summed E-state index contributed by atoms with van der Waals surface area (Å²) in [5.41, 5.74) is -0.602. The van der Waals surface area contributed by atoms with E-state index in [9.17, 15) is 21.6 Å². The Kier molecular flexibility index (Phi) is 7.50. The number of carbonyl (C=O) groups is 1. The average Bonchev–Trinajstić information content (AvgIpc) is 2.73. The van der Waals surface area contributed by atoms with Gasteiger partial charge in [0.1, 0.15) is 5.60 Å². The van der Waals surface area contributed by atoms with Crippen LogP contribution in [-0.2, 0) is 29.5 Å². The first kappa shape index (κ1) is 24.9. The minimum Gasteiger partial charge on any atom is -0.444 e. The average molecular weight is 490 g/mol. The SMILES string of the molecule is CC(C)(C)OC(=O)NC1CCN(S(=O)(=O)c2ccc(S(=O)(=O)N3CCOCC3)cc2)CC1. The molecular formula is C20H31N3O7S2. The number of amides is 1. The van der Waals surface area contributed by atoms with Crippen molar-refractivity contribution < 1.29 is 31.1 Å². The van der Waals surface area contributed by atoms with Crippen molar-refractivity contribution in [1.29, 1.82) is 0 Å². The molecule has 2 aliphatic heterocycles. The lowest BCUT2D eigenvalue weighted by Crippen LogP contribution is -2.47. The standard InChI is InChI=1S/C20H31N3O7S2/c1-20(2,3)30-19(24)21-16-8-10-22(11-9-16)31(25,26)17-4-6-18(7-5-17)32(27,28)23-12-14-29-15-13-23/h4-7,16H,8-15H2,1-3H3,(H,21,24). The van der Waals surface area contributed by atoms with Crippen molar-refractivity contribution in [2.75, 3.05) is 39.4 Å². The van der Waals surface area contributed by atoms with Gasteiger partial charge in [0.05, 0.1) is 23.0 Å². The second-order valence-corrected chi connectivity index (χ2v) is 12.7. The molecule has 0 aromatic heterocycles. The van der Waals surface area contributed by atoms with Crippen LogP contribution in [0, 0.1) is 0 Å². The van der Waals surface area contributed by atoms with Crippen LogP contribution in [0.4, 0.5) is 4.79 Å². The molecular weight excluding hydrogens is 458 g/mol. The first-order chi connectivity index (χ1) is 14.9. The van der Waals surface area contributed by atoms with E-state index in [2.05, 4.69) is 5.32 Å². The van der Waals surface area contributed by atoms with Crippen LogP contribution in [0.1, 0.15) is 33.6 Å². The molecule has 2 fully saturated rings. The number of benzene rings is 1. The fourth-order valence-electron chi connectivity index (χ4n) is 3.58. The summed E-state index contributed by atoms with van der Waals surface area (Å²) in [4.78, 5) is 12.0. The smallest absolute Gasteiger partial charge is 0.407 e. The number of sulfonamides is 2. The number of morpholine rings is 1. The Hall–Kier alpha value is -1.73. The molecule has 3 rings (SSSR count). The molecule has 1 aromatic carbocycles. The summed E-state index contributed by atoms with van der Waals surface area (Å²) in [6.07, 6.45) is 0.403. The summed E-state index contributed by atoms with van der Waals surface area (Å²) in [6.45, 7) is 7.04.